The molecule has 0 bridgehead atoms. The van der Waals surface area contributed by atoms with Gasteiger partial charge in [-0.25, -0.2) is 4.79 Å². The number of esters is 1. The minimum atomic E-state index is -0.572. The van der Waals surface area contributed by atoms with Crippen molar-refractivity contribution >= 4 is 28.7 Å². The van der Waals surface area contributed by atoms with E-state index >= 15 is 0 Å². The van der Waals surface area contributed by atoms with Crippen LogP contribution >= 0.6 is 0 Å². The number of rotatable bonds is 5. The Morgan fingerprint density at radius 1 is 1.21 bits per heavy atom. The zero-order valence-electron chi connectivity index (χ0n) is 16.3. The Bertz CT molecular complexity index is 1200. The Labute approximate surface area is 166 Å². The average molecular weight is 392 g/mol. The van der Waals surface area contributed by atoms with Gasteiger partial charge in [0.2, 0.25) is 0 Å². The van der Waals surface area contributed by atoms with Crippen molar-refractivity contribution in [3.05, 3.63) is 71.4 Å². The van der Waals surface area contributed by atoms with Gasteiger partial charge in [0.15, 0.2) is 11.3 Å². The highest BCUT2D eigenvalue weighted by Crippen LogP contribution is 2.25. The molecule has 29 heavy (non-hydrogen) atoms. The van der Waals surface area contributed by atoms with Crippen molar-refractivity contribution in [1.29, 1.82) is 0 Å². The van der Waals surface area contributed by atoms with E-state index in [1.807, 2.05) is 41.0 Å². The van der Waals surface area contributed by atoms with E-state index < -0.39 is 5.97 Å². The molecular weight excluding hydrogens is 372 g/mol. The molecule has 1 aromatic carbocycles. The summed E-state index contributed by atoms with van der Waals surface area (Å²) in [4.78, 5) is 25.3. The standard InChI is InChI=1S/C21H20N4O4/c1-13-18(19(21(27)28-3)24(2)23-13)22-20(26)16-11-17-15(9-10-29-17)25(16)12-14-7-5-4-6-8-14/h4-11H,12H2,1-3H3,(H,22,26). The molecule has 0 aliphatic rings. The van der Waals surface area contributed by atoms with Crippen LogP contribution in [0.4, 0.5) is 5.69 Å². The number of methoxy groups -OCH3 is 1. The van der Waals surface area contributed by atoms with Crippen molar-refractivity contribution in [2.75, 3.05) is 12.4 Å². The van der Waals surface area contributed by atoms with Gasteiger partial charge in [-0.05, 0) is 12.5 Å². The van der Waals surface area contributed by atoms with E-state index in [0.29, 0.717) is 29.2 Å². The lowest BCUT2D eigenvalue weighted by Crippen LogP contribution is -2.20. The normalized spacial score (nSPS) is 11.0. The molecule has 148 valence electrons. The molecule has 0 aliphatic carbocycles. The molecule has 8 nitrogen and oxygen atoms in total. The number of furan rings is 1. The van der Waals surface area contributed by atoms with Gasteiger partial charge >= 0.3 is 5.97 Å². The lowest BCUT2D eigenvalue weighted by Gasteiger charge is -2.11. The second kappa shape index (κ2) is 7.31. The molecule has 1 N–H and O–H groups in total. The number of nitrogens with one attached hydrogen (secondary N) is 1. The highest BCUT2D eigenvalue weighted by Gasteiger charge is 2.25. The maximum absolute atomic E-state index is 13.2. The molecule has 3 heterocycles. The molecule has 8 heteroatoms. The summed E-state index contributed by atoms with van der Waals surface area (Å²) < 4.78 is 13.6. The van der Waals surface area contributed by atoms with Gasteiger partial charge in [0.05, 0.1) is 30.3 Å². The van der Waals surface area contributed by atoms with Crippen LogP contribution in [0.1, 0.15) is 32.2 Å². The summed E-state index contributed by atoms with van der Waals surface area (Å²) in [5, 5.41) is 7.05. The molecule has 0 radical (unpaired) electrons. The summed E-state index contributed by atoms with van der Waals surface area (Å²) in [6, 6.07) is 13.4. The Kier molecular flexibility index (Phi) is 4.67. The third-order valence-electron chi connectivity index (χ3n) is 4.78. The first-order valence-electron chi connectivity index (χ1n) is 9.03. The molecule has 3 aromatic heterocycles. The zero-order chi connectivity index (χ0) is 20.5. The molecule has 0 spiro atoms. The van der Waals surface area contributed by atoms with Crippen LogP contribution in [-0.4, -0.2) is 33.3 Å². The summed E-state index contributed by atoms with van der Waals surface area (Å²) in [7, 11) is 2.91. The zero-order valence-corrected chi connectivity index (χ0v) is 16.3. The minimum absolute atomic E-state index is 0.184. The number of aryl methyl sites for hydroxylation is 2. The number of hydrogen-bond donors (Lipinski definition) is 1. The third kappa shape index (κ3) is 3.29. The van der Waals surface area contributed by atoms with Crippen LogP contribution < -0.4 is 5.32 Å². The van der Waals surface area contributed by atoms with E-state index in [1.165, 1.54) is 11.8 Å². The van der Waals surface area contributed by atoms with Gasteiger partial charge in [0.1, 0.15) is 5.69 Å². The molecule has 0 unspecified atom stereocenters. The maximum atomic E-state index is 13.2. The van der Waals surface area contributed by atoms with Crippen molar-refractivity contribution in [2.24, 2.45) is 7.05 Å². The number of carbonyl (C=O) groups excluding carboxylic acids is 2. The summed E-state index contributed by atoms with van der Waals surface area (Å²) >= 11 is 0. The topological polar surface area (TPSA) is 91.3 Å². The van der Waals surface area contributed by atoms with E-state index in [-0.39, 0.29) is 11.6 Å². The van der Waals surface area contributed by atoms with Crippen molar-refractivity contribution in [1.82, 2.24) is 14.3 Å². The number of fused-ring (bicyclic) bond motifs is 1. The van der Waals surface area contributed by atoms with E-state index in [9.17, 15) is 9.59 Å². The van der Waals surface area contributed by atoms with Gasteiger partial charge < -0.3 is 19.0 Å². The number of hydrogen-bond acceptors (Lipinski definition) is 5. The first-order valence-corrected chi connectivity index (χ1v) is 9.03. The number of carbonyl (C=O) groups is 2. The minimum Gasteiger partial charge on any atom is -0.464 e. The van der Waals surface area contributed by atoms with Crippen molar-refractivity contribution in [3.63, 3.8) is 0 Å². The van der Waals surface area contributed by atoms with Crippen LogP contribution in [0.25, 0.3) is 11.1 Å². The lowest BCUT2D eigenvalue weighted by atomic mass is 10.2. The highest BCUT2D eigenvalue weighted by atomic mass is 16.5. The van der Waals surface area contributed by atoms with Crippen LogP contribution in [0.2, 0.25) is 0 Å². The van der Waals surface area contributed by atoms with Crippen LogP contribution in [0.5, 0.6) is 0 Å². The summed E-state index contributed by atoms with van der Waals surface area (Å²) in [6.45, 7) is 2.22. The van der Waals surface area contributed by atoms with Crippen molar-refractivity contribution < 1.29 is 18.7 Å². The van der Waals surface area contributed by atoms with Gasteiger partial charge in [0.25, 0.3) is 5.91 Å². The molecular formula is C21H20N4O4. The summed E-state index contributed by atoms with van der Waals surface area (Å²) in [5.41, 5.74) is 3.93. The van der Waals surface area contributed by atoms with Gasteiger partial charge in [0, 0.05) is 25.7 Å². The fourth-order valence-corrected chi connectivity index (χ4v) is 3.42. The Morgan fingerprint density at radius 3 is 2.69 bits per heavy atom. The first-order chi connectivity index (χ1) is 14.0. The van der Waals surface area contributed by atoms with E-state index in [4.69, 9.17) is 9.15 Å². The predicted molar refractivity (Wildman–Crippen MR) is 107 cm³/mol. The lowest BCUT2D eigenvalue weighted by molar-refractivity contribution is 0.0589. The van der Waals surface area contributed by atoms with Crippen LogP contribution in [-0.2, 0) is 18.3 Å². The molecule has 0 atom stereocenters. The van der Waals surface area contributed by atoms with E-state index in [2.05, 4.69) is 10.4 Å². The van der Waals surface area contributed by atoms with Gasteiger partial charge in [-0.15, -0.1) is 0 Å². The second-order valence-electron chi connectivity index (χ2n) is 6.65. The molecule has 0 aliphatic heterocycles. The highest BCUT2D eigenvalue weighted by molar-refractivity contribution is 6.09. The molecule has 4 aromatic rings. The summed E-state index contributed by atoms with van der Waals surface area (Å²) in [5.74, 6) is -0.939. The fourth-order valence-electron chi connectivity index (χ4n) is 3.42. The number of amides is 1. The second-order valence-corrected chi connectivity index (χ2v) is 6.65. The third-order valence-corrected chi connectivity index (χ3v) is 4.78. The van der Waals surface area contributed by atoms with Crippen LogP contribution in [0.15, 0.2) is 53.1 Å². The molecule has 0 saturated carbocycles. The Hall–Kier alpha value is -3.81. The van der Waals surface area contributed by atoms with Crippen molar-refractivity contribution in [2.45, 2.75) is 13.5 Å². The Balaban J connectivity index is 1.73. The van der Waals surface area contributed by atoms with Crippen LogP contribution in [0, 0.1) is 6.92 Å². The van der Waals surface area contributed by atoms with Crippen LogP contribution in [0.3, 0.4) is 0 Å². The number of aromatic nitrogens is 3. The molecule has 4 rings (SSSR count). The quantitative estimate of drug-likeness (QED) is 0.526. The molecule has 1 amide bonds. The molecule has 0 saturated heterocycles. The van der Waals surface area contributed by atoms with Crippen molar-refractivity contribution in [3.8, 4) is 0 Å². The predicted octanol–water partition coefficient (Wildman–Crippen LogP) is 3.36. The first kappa shape index (κ1) is 18.5. The number of nitrogens with zero attached hydrogens (tertiary/aromatic N) is 3. The van der Waals surface area contributed by atoms with Gasteiger partial charge in [-0.1, -0.05) is 30.3 Å². The van der Waals surface area contributed by atoms with E-state index in [1.54, 1.807) is 26.3 Å². The van der Waals surface area contributed by atoms with Gasteiger partial charge in [-0.3, -0.25) is 9.48 Å². The van der Waals surface area contributed by atoms with Gasteiger partial charge in [-0.2, -0.15) is 5.10 Å². The van der Waals surface area contributed by atoms with E-state index in [0.717, 1.165) is 11.1 Å². The number of benzene rings is 1. The number of anilines is 1. The molecule has 0 fully saturated rings. The number of ether oxygens (including phenoxy) is 1. The monoisotopic (exact) mass is 392 g/mol. The maximum Gasteiger partial charge on any atom is 0.358 e. The summed E-state index contributed by atoms with van der Waals surface area (Å²) in [6.07, 6.45) is 1.59. The largest absolute Gasteiger partial charge is 0.464 e. The SMILES string of the molecule is COC(=O)c1c(NC(=O)c2cc3occc3n2Cc2ccccc2)c(C)nn1C. The smallest absolute Gasteiger partial charge is 0.358 e. The average Bonchev–Trinajstić information content (AvgIpc) is 3.37. The fraction of sp³-hybridized carbons (Fsp3) is 0.190. The Morgan fingerprint density at radius 2 is 1.97 bits per heavy atom.